The second-order valence-electron chi connectivity index (χ2n) is 8.19. The number of nitrogens with one attached hydrogen (secondary N) is 2. The summed E-state index contributed by atoms with van der Waals surface area (Å²) in [7, 11) is 0. The highest BCUT2D eigenvalue weighted by Gasteiger charge is 2.33. The van der Waals surface area contributed by atoms with Crippen LogP contribution in [0.2, 0.25) is 0 Å². The molecule has 0 aromatic heterocycles. The zero-order valence-corrected chi connectivity index (χ0v) is 19.3. The number of urea groups is 1. The number of amides is 4. The highest BCUT2D eigenvalue weighted by molar-refractivity contribution is 5.91. The largest absolute Gasteiger partial charge is 0.442 e. The molecule has 0 spiro atoms. The van der Waals surface area contributed by atoms with Gasteiger partial charge in [0.2, 0.25) is 5.91 Å². The Balaban J connectivity index is 1.36. The Kier molecular flexibility index (Phi) is 7.56. The summed E-state index contributed by atoms with van der Waals surface area (Å²) in [6, 6.07) is 13.5. The molecule has 2 aliphatic rings. The minimum Gasteiger partial charge on any atom is -0.442 e. The van der Waals surface area contributed by atoms with E-state index < -0.39 is 24.0 Å². The first kappa shape index (κ1) is 24.1. The van der Waals surface area contributed by atoms with Crippen LogP contribution in [0.4, 0.5) is 25.4 Å². The van der Waals surface area contributed by atoms with Crippen molar-refractivity contribution in [2.24, 2.45) is 4.99 Å². The Morgan fingerprint density at radius 2 is 2.00 bits per heavy atom. The summed E-state index contributed by atoms with van der Waals surface area (Å²) >= 11 is 0. The standard InChI is InChI=1S/C24H27FN6O4/c1-17(32)26-15-20-16-30(24(34)35-20)19-7-8-22(21(25)13-19)29-10-9-28-31(12-11-29)23(33)27-14-18-5-3-2-4-6-18/h2-8,13-14,20,28H,9-12,15-16H2,1H3,(H,26,32)/b27-14+/t20-/m0/s1. The number of carbonyl (C=O) groups is 3. The third kappa shape index (κ3) is 6.12. The fourth-order valence-electron chi connectivity index (χ4n) is 3.89. The summed E-state index contributed by atoms with van der Waals surface area (Å²) in [6.45, 7) is 3.42. The van der Waals surface area contributed by atoms with E-state index in [1.807, 2.05) is 35.2 Å². The van der Waals surface area contributed by atoms with E-state index >= 15 is 4.39 Å². The van der Waals surface area contributed by atoms with Gasteiger partial charge in [0, 0.05) is 32.8 Å². The molecule has 2 saturated heterocycles. The van der Waals surface area contributed by atoms with Gasteiger partial charge in [0.15, 0.2) is 0 Å². The molecule has 0 radical (unpaired) electrons. The Hall–Kier alpha value is -3.99. The summed E-state index contributed by atoms with van der Waals surface area (Å²) in [5, 5.41) is 4.03. The number of aliphatic imine (C=N–C) groups is 1. The van der Waals surface area contributed by atoms with Crippen LogP contribution in [0.25, 0.3) is 0 Å². The predicted octanol–water partition coefficient (Wildman–Crippen LogP) is 2.15. The van der Waals surface area contributed by atoms with Crippen molar-refractivity contribution in [2.45, 2.75) is 13.0 Å². The van der Waals surface area contributed by atoms with Gasteiger partial charge in [0.05, 0.1) is 31.0 Å². The molecule has 2 fully saturated rings. The van der Waals surface area contributed by atoms with Crippen molar-refractivity contribution in [1.29, 1.82) is 0 Å². The quantitative estimate of drug-likeness (QED) is 0.633. The molecule has 2 heterocycles. The monoisotopic (exact) mass is 482 g/mol. The van der Waals surface area contributed by atoms with Crippen LogP contribution in [-0.4, -0.2) is 74.6 Å². The number of ether oxygens (including phenoxy) is 1. The van der Waals surface area contributed by atoms with Crippen LogP contribution in [0.5, 0.6) is 0 Å². The number of hydrogen-bond donors (Lipinski definition) is 2. The molecule has 10 nitrogen and oxygen atoms in total. The van der Waals surface area contributed by atoms with Gasteiger partial charge in [0.25, 0.3) is 0 Å². The van der Waals surface area contributed by atoms with Crippen molar-refractivity contribution < 1.29 is 23.5 Å². The maximum Gasteiger partial charge on any atom is 0.414 e. The SMILES string of the molecule is CC(=O)NC[C@H]1CN(c2ccc(N3CCNN(C(=O)/N=C/c4ccccc4)CC3)c(F)c2)C(=O)O1. The van der Waals surface area contributed by atoms with E-state index in [0.717, 1.165) is 5.56 Å². The third-order valence-electron chi connectivity index (χ3n) is 5.67. The van der Waals surface area contributed by atoms with Gasteiger partial charge < -0.3 is 15.0 Å². The molecule has 4 rings (SSSR count). The zero-order valence-electron chi connectivity index (χ0n) is 19.3. The van der Waals surface area contributed by atoms with E-state index in [1.165, 1.54) is 29.1 Å². The number of cyclic esters (lactones) is 1. The van der Waals surface area contributed by atoms with Crippen molar-refractivity contribution in [3.8, 4) is 0 Å². The van der Waals surface area contributed by atoms with Crippen molar-refractivity contribution in [3.05, 3.63) is 59.9 Å². The Morgan fingerprint density at radius 3 is 2.74 bits per heavy atom. The van der Waals surface area contributed by atoms with Crippen LogP contribution in [0.15, 0.2) is 53.5 Å². The molecule has 1 atom stereocenters. The zero-order chi connectivity index (χ0) is 24.8. The molecule has 0 bridgehead atoms. The summed E-state index contributed by atoms with van der Waals surface area (Å²) in [5.41, 5.74) is 4.60. The van der Waals surface area contributed by atoms with Crippen LogP contribution in [-0.2, 0) is 9.53 Å². The molecule has 2 aliphatic heterocycles. The molecule has 0 aliphatic carbocycles. The van der Waals surface area contributed by atoms with Gasteiger partial charge >= 0.3 is 12.1 Å². The maximum absolute atomic E-state index is 15.1. The number of hydrazine groups is 1. The minimum absolute atomic E-state index is 0.198. The first-order valence-electron chi connectivity index (χ1n) is 11.3. The first-order valence-corrected chi connectivity index (χ1v) is 11.3. The number of hydrogen-bond acceptors (Lipinski definition) is 6. The summed E-state index contributed by atoms with van der Waals surface area (Å²) in [4.78, 5) is 43.0. The van der Waals surface area contributed by atoms with Crippen molar-refractivity contribution in [3.63, 3.8) is 0 Å². The van der Waals surface area contributed by atoms with E-state index in [0.29, 0.717) is 37.6 Å². The van der Waals surface area contributed by atoms with Gasteiger partial charge in [0.1, 0.15) is 11.9 Å². The van der Waals surface area contributed by atoms with Crippen molar-refractivity contribution in [1.82, 2.24) is 15.8 Å². The van der Waals surface area contributed by atoms with Crippen molar-refractivity contribution in [2.75, 3.05) is 49.1 Å². The lowest BCUT2D eigenvalue weighted by Crippen LogP contribution is -2.42. The molecule has 2 aromatic carbocycles. The molecule has 0 unspecified atom stereocenters. The molecular weight excluding hydrogens is 455 g/mol. The highest BCUT2D eigenvalue weighted by Crippen LogP contribution is 2.28. The maximum atomic E-state index is 15.1. The molecule has 0 saturated carbocycles. The fraction of sp³-hybridized carbons (Fsp3) is 0.333. The second-order valence-corrected chi connectivity index (χ2v) is 8.19. The van der Waals surface area contributed by atoms with E-state index in [1.54, 1.807) is 12.1 Å². The lowest BCUT2D eigenvalue weighted by atomic mass is 10.2. The van der Waals surface area contributed by atoms with Crippen LogP contribution in [0, 0.1) is 5.82 Å². The summed E-state index contributed by atoms with van der Waals surface area (Å²) in [6.07, 6.45) is 0.422. The van der Waals surface area contributed by atoms with Gasteiger partial charge in [-0.1, -0.05) is 30.3 Å². The van der Waals surface area contributed by atoms with Gasteiger partial charge in [-0.2, -0.15) is 0 Å². The Bertz CT molecular complexity index is 1110. The van der Waals surface area contributed by atoms with Gasteiger partial charge in [-0.05, 0) is 23.8 Å². The summed E-state index contributed by atoms with van der Waals surface area (Å²) < 4.78 is 20.3. The fourth-order valence-corrected chi connectivity index (χ4v) is 3.89. The van der Waals surface area contributed by atoms with Gasteiger partial charge in [-0.25, -0.2) is 24.4 Å². The number of anilines is 2. The smallest absolute Gasteiger partial charge is 0.414 e. The number of halogens is 1. The topological polar surface area (TPSA) is 107 Å². The number of nitrogens with zero attached hydrogens (tertiary/aromatic N) is 4. The predicted molar refractivity (Wildman–Crippen MR) is 129 cm³/mol. The minimum atomic E-state index is -0.586. The van der Waals surface area contributed by atoms with Crippen molar-refractivity contribution >= 4 is 35.6 Å². The van der Waals surface area contributed by atoms with E-state index in [2.05, 4.69) is 15.7 Å². The average Bonchev–Trinajstić information content (AvgIpc) is 3.06. The molecule has 4 amide bonds. The Labute approximate surface area is 202 Å². The second kappa shape index (κ2) is 11.0. The normalized spacial score (nSPS) is 18.5. The highest BCUT2D eigenvalue weighted by atomic mass is 19.1. The summed E-state index contributed by atoms with van der Waals surface area (Å²) in [5.74, 6) is -0.701. The lowest BCUT2D eigenvalue weighted by molar-refractivity contribution is -0.119. The number of carbonyl (C=O) groups excluding carboxylic acids is 3. The van der Waals surface area contributed by atoms with Crippen LogP contribution in [0.1, 0.15) is 12.5 Å². The number of rotatable bonds is 5. The van der Waals surface area contributed by atoms with E-state index in [-0.39, 0.29) is 19.0 Å². The molecule has 11 heteroatoms. The molecule has 35 heavy (non-hydrogen) atoms. The molecule has 2 N–H and O–H groups in total. The average molecular weight is 483 g/mol. The lowest BCUT2D eigenvalue weighted by Gasteiger charge is -2.24. The first-order chi connectivity index (χ1) is 16.9. The third-order valence-corrected chi connectivity index (χ3v) is 5.67. The molecule has 2 aromatic rings. The van der Waals surface area contributed by atoms with E-state index in [4.69, 9.17) is 4.74 Å². The Morgan fingerprint density at radius 1 is 1.20 bits per heavy atom. The van der Waals surface area contributed by atoms with Crippen LogP contribution in [0.3, 0.4) is 0 Å². The van der Waals surface area contributed by atoms with Gasteiger partial charge in [-0.3, -0.25) is 14.7 Å². The van der Waals surface area contributed by atoms with E-state index in [9.17, 15) is 14.4 Å². The van der Waals surface area contributed by atoms with Gasteiger partial charge in [-0.15, -0.1) is 0 Å². The molecular formula is C24H27FN6O4. The van der Waals surface area contributed by atoms with Crippen LogP contribution >= 0.6 is 0 Å². The molecule has 184 valence electrons. The van der Waals surface area contributed by atoms with Crippen LogP contribution < -0.4 is 20.5 Å². The number of benzene rings is 2.